The van der Waals surface area contributed by atoms with E-state index in [0.717, 1.165) is 5.56 Å². The van der Waals surface area contributed by atoms with Crippen LogP contribution in [0.5, 0.6) is 11.5 Å². The molecule has 164 valence electrons. The Hall–Kier alpha value is -2.57. The maximum absolute atomic E-state index is 12.3. The summed E-state index contributed by atoms with van der Waals surface area (Å²) in [6.45, 7) is 8.03. The number of ether oxygens (including phenoxy) is 2. The molecule has 0 fully saturated rings. The molecule has 0 aliphatic carbocycles. The van der Waals surface area contributed by atoms with Crippen molar-refractivity contribution in [2.45, 2.75) is 44.8 Å². The fraction of sp³-hybridized carbons (Fsp3) is 0.458. The Bertz CT molecular complexity index is 889. The van der Waals surface area contributed by atoms with Crippen LogP contribution in [0.25, 0.3) is 0 Å². The van der Waals surface area contributed by atoms with Gasteiger partial charge in [0, 0.05) is 17.2 Å². The van der Waals surface area contributed by atoms with Gasteiger partial charge in [-0.3, -0.25) is 4.79 Å². The fourth-order valence-corrected chi connectivity index (χ4v) is 3.50. The van der Waals surface area contributed by atoms with E-state index >= 15 is 0 Å². The first-order valence-corrected chi connectivity index (χ1v) is 10.0. The number of primary amides is 1. The van der Waals surface area contributed by atoms with Gasteiger partial charge in [-0.15, -0.1) is 0 Å². The monoisotopic (exact) mass is 414 g/mol. The minimum atomic E-state index is -1.48. The van der Waals surface area contributed by atoms with Gasteiger partial charge < -0.3 is 25.2 Å². The first-order valence-electron chi connectivity index (χ1n) is 10.0. The average Bonchev–Trinajstić information content (AvgIpc) is 2.70. The number of carbonyl (C=O) groups excluding carboxylic acids is 1. The highest BCUT2D eigenvalue weighted by Gasteiger charge is 2.43. The number of para-hydroxylation sites is 1. The van der Waals surface area contributed by atoms with Crippen LogP contribution in [0.2, 0.25) is 0 Å². The van der Waals surface area contributed by atoms with Gasteiger partial charge in [0.15, 0.2) is 6.61 Å². The molecular weight excluding hydrogens is 380 g/mol. The molecule has 0 aromatic heterocycles. The van der Waals surface area contributed by atoms with Gasteiger partial charge in [-0.05, 0) is 50.2 Å². The second kappa shape index (κ2) is 9.06. The zero-order valence-corrected chi connectivity index (χ0v) is 19.0. The quantitative estimate of drug-likeness (QED) is 0.694. The number of hydrogen-bond donors (Lipinski definition) is 2. The summed E-state index contributed by atoms with van der Waals surface area (Å²) in [7, 11) is 5.40. The molecule has 2 rings (SSSR count). The van der Waals surface area contributed by atoms with Crippen molar-refractivity contribution < 1.29 is 19.4 Å². The molecule has 2 aromatic rings. The third-order valence-electron chi connectivity index (χ3n) is 5.52. The highest BCUT2D eigenvalue weighted by molar-refractivity contribution is 5.75. The molecule has 1 amide bonds. The summed E-state index contributed by atoms with van der Waals surface area (Å²) in [5.41, 5.74) is 5.92. The maximum atomic E-state index is 12.3. The Labute approximate surface area is 179 Å². The molecule has 0 heterocycles. The summed E-state index contributed by atoms with van der Waals surface area (Å²) >= 11 is 0. The van der Waals surface area contributed by atoms with E-state index in [1.165, 1.54) is 0 Å². The molecule has 6 heteroatoms. The molecule has 2 aromatic carbocycles. The topological polar surface area (TPSA) is 85.0 Å². The van der Waals surface area contributed by atoms with E-state index in [0.29, 0.717) is 22.6 Å². The van der Waals surface area contributed by atoms with Crippen LogP contribution < -0.4 is 15.2 Å². The number of benzene rings is 2. The molecule has 0 bridgehead atoms. The van der Waals surface area contributed by atoms with E-state index in [9.17, 15) is 9.90 Å². The zero-order chi connectivity index (χ0) is 22.7. The standard InChI is InChI=1S/C24H34N2O4/c1-16(26(5)6)24(28,18-10-8-9-11-21(18)30-15-22(25)27)19-14-17(23(2,3)4)12-13-20(19)29-7/h8-14,16,28H,15H2,1-7H3,(H2,25,27)/t16-,24-/m0/s1. The van der Waals surface area contributed by atoms with Crippen LogP contribution >= 0.6 is 0 Å². The molecule has 0 saturated carbocycles. The summed E-state index contributed by atoms with van der Waals surface area (Å²) in [5, 5.41) is 12.3. The van der Waals surface area contributed by atoms with Crippen LogP contribution in [0, 0.1) is 0 Å². The number of likely N-dealkylation sites (N-methyl/N-ethyl adjacent to an activating group) is 1. The zero-order valence-electron chi connectivity index (χ0n) is 19.0. The first kappa shape index (κ1) is 23.7. The van der Waals surface area contributed by atoms with Gasteiger partial charge >= 0.3 is 0 Å². The minimum Gasteiger partial charge on any atom is -0.496 e. The number of nitrogens with two attached hydrogens (primary N) is 1. The Morgan fingerprint density at radius 3 is 2.27 bits per heavy atom. The second-order valence-electron chi connectivity index (χ2n) is 8.82. The summed E-state index contributed by atoms with van der Waals surface area (Å²) in [4.78, 5) is 13.2. The van der Waals surface area contributed by atoms with Crippen molar-refractivity contribution >= 4 is 5.91 Å². The number of amides is 1. The lowest BCUT2D eigenvalue weighted by atomic mass is 9.76. The molecule has 0 spiro atoms. The third kappa shape index (κ3) is 4.77. The van der Waals surface area contributed by atoms with E-state index < -0.39 is 11.5 Å². The third-order valence-corrected chi connectivity index (χ3v) is 5.52. The van der Waals surface area contributed by atoms with Crippen LogP contribution in [0.3, 0.4) is 0 Å². The van der Waals surface area contributed by atoms with Crippen LogP contribution in [-0.4, -0.2) is 49.8 Å². The maximum Gasteiger partial charge on any atom is 0.255 e. The van der Waals surface area contributed by atoms with Gasteiger partial charge in [0.1, 0.15) is 17.1 Å². The highest BCUT2D eigenvalue weighted by Crippen LogP contribution is 2.44. The summed E-state index contributed by atoms with van der Waals surface area (Å²) in [5.74, 6) is 0.390. The molecule has 2 atom stereocenters. The predicted octanol–water partition coefficient (Wildman–Crippen LogP) is 3.04. The number of hydrogen-bond acceptors (Lipinski definition) is 5. The van der Waals surface area contributed by atoms with Crippen LogP contribution in [-0.2, 0) is 15.8 Å². The first-order chi connectivity index (χ1) is 13.9. The number of aliphatic hydroxyl groups is 1. The predicted molar refractivity (Wildman–Crippen MR) is 119 cm³/mol. The number of rotatable bonds is 8. The van der Waals surface area contributed by atoms with Crippen molar-refractivity contribution in [1.29, 1.82) is 0 Å². The van der Waals surface area contributed by atoms with Crippen molar-refractivity contribution in [2.75, 3.05) is 27.8 Å². The molecular formula is C24H34N2O4. The lowest BCUT2D eigenvalue weighted by Crippen LogP contribution is -2.47. The Morgan fingerprint density at radius 1 is 1.10 bits per heavy atom. The van der Waals surface area contributed by atoms with Crippen molar-refractivity contribution in [1.82, 2.24) is 4.90 Å². The number of carbonyl (C=O) groups is 1. The van der Waals surface area contributed by atoms with E-state index in [1.807, 2.05) is 50.2 Å². The van der Waals surface area contributed by atoms with Crippen molar-refractivity contribution in [3.8, 4) is 11.5 Å². The van der Waals surface area contributed by atoms with E-state index in [2.05, 4.69) is 20.8 Å². The summed E-state index contributed by atoms with van der Waals surface area (Å²) < 4.78 is 11.3. The average molecular weight is 415 g/mol. The Kier molecular flexibility index (Phi) is 7.16. The van der Waals surface area contributed by atoms with E-state index in [1.54, 1.807) is 25.3 Å². The van der Waals surface area contributed by atoms with Gasteiger partial charge in [0.05, 0.1) is 7.11 Å². The molecule has 30 heavy (non-hydrogen) atoms. The largest absolute Gasteiger partial charge is 0.496 e. The van der Waals surface area contributed by atoms with E-state index in [4.69, 9.17) is 15.2 Å². The van der Waals surface area contributed by atoms with Gasteiger partial charge in [0.25, 0.3) is 5.91 Å². The summed E-state index contributed by atoms with van der Waals surface area (Å²) in [6.07, 6.45) is 0. The van der Waals surface area contributed by atoms with Crippen molar-refractivity contribution in [2.24, 2.45) is 5.73 Å². The Balaban J connectivity index is 2.82. The molecule has 0 radical (unpaired) electrons. The minimum absolute atomic E-state index is 0.120. The number of methoxy groups -OCH3 is 1. The number of nitrogens with zero attached hydrogens (tertiary/aromatic N) is 1. The van der Waals surface area contributed by atoms with Gasteiger partial charge in [-0.2, -0.15) is 0 Å². The Morgan fingerprint density at radius 2 is 1.73 bits per heavy atom. The molecule has 0 aliphatic rings. The fourth-order valence-electron chi connectivity index (χ4n) is 3.50. The van der Waals surface area contributed by atoms with Crippen molar-refractivity contribution in [3.05, 3.63) is 59.2 Å². The normalized spacial score (nSPS) is 14.8. The van der Waals surface area contributed by atoms with Crippen LogP contribution in [0.15, 0.2) is 42.5 Å². The molecule has 0 saturated heterocycles. The molecule has 6 nitrogen and oxygen atoms in total. The van der Waals surface area contributed by atoms with Crippen molar-refractivity contribution in [3.63, 3.8) is 0 Å². The molecule has 0 aliphatic heterocycles. The smallest absolute Gasteiger partial charge is 0.255 e. The van der Waals surface area contributed by atoms with E-state index in [-0.39, 0.29) is 18.1 Å². The van der Waals surface area contributed by atoms with Crippen LogP contribution in [0.1, 0.15) is 44.4 Å². The lowest BCUT2D eigenvalue weighted by Gasteiger charge is -2.40. The SMILES string of the molecule is COc1ccc(C(C)(C)C)cc1[C@@](O)(c1ccccc1OCC(N)=O)[C@H](C)N(C)C. The van der Waals surface area contributed by atoms with Gasteiger partial charge in [-0.25, -0.2) is 0 Å². The molecule has 3 N–H and O–H groups in total. The van der Waals surface area contributed by atoms with Gasteiger partial charge in [-0.1, -0.05) is 45.0 Å². The second-order valence-corrected chi connectivity index (χ2v) is 8.82. The molecule has 0 unspecified atom stereocenters. The highest BCUT2D eigenvalue weighted by atomic mass is 16.5. The van der Waals surface area contributed by atoms with Gasteiger partial charge in [0.2, 0.25) is 0 Å². The lowest BCUT2D eigenvalue weighted by molar-refractivity contribution is -0.120. The summed E-state index contributed by atoms with van der Waals surface area (Å²) in [6, 6.07) is 12.7. The van der Waals surface area contributed by atoms with Crippen LogP contribution in [0.4, 0.5) is 0 Å².